The summed E-state index contributed by atoms with van der Waals surface area (Å²) in [6.07, 6.45) is 8.04. The average molecular weight is 426 g/mol. The third-order valence-corrected chi connectivity index (χ3v) is 4.63. The second-order valence-electron chi connectivity index (χ2n) is 6.82. The van der Waals surface area contributed by atoms with Crippen molar-refractivity contribution in [3.8, 4) is 11.5 Å². The molecule has 31 heavy (non-hydrogen) atoms. The first-order valence-corrected chi connectivity index (χ1v) is 9.80. The number of nitrogens with zero attached hydrogens (tertiary/aromatic N) is 2. The van der Waals surface area contributed by atoms with Crippen molar-refractivity contribution in [2.45, 2.75) is 6.92 Å². The quantitative estimate of drug-likeness (QED) is 0.607. The second kappa shape index (κ2) is 10.7. The standard InChI is InChI=1S/C23H26N2O6/c1-16-12-17(4-6-22(16)26)20-14-21(25(27)15-24-20)19-13-18(30-10-8-28-2)5-7-23(19)31-11-9-29-3/h4-7,12-15,27H,8-11H2,1-3H3. The minimum atomic E-state index is -0.0353. The fraction of sp³-hybridized carbons (Fsp3) is 0.304. The summed E-state index contributed by atoms with van der Waals surface area (Å²) in [6.45, 7) is 3.37. The molecule has 3 rings (SSSR count). The van der Waals surface area contributed by atoms with Gasteiger partial charge in [0.2, 0.25) is 0 Å². The van der Waals surface area contributed by atoms with Crippen molar-refractivity contribution in [3.63, 3.8) is 0 Å². The van der Waals surface area contributed by atoms with Crippen LogP contribution in [-0.4, -0.2) is 63.0 Å². The van der Waals surface area contributed by atoms with Crippen molar-refractivity contribution in [1.29, 1.82) is 0 Å². The Morgan fingerprint density at radius 2 is 1.74 bits per heavy atom. The summed E-state index contributed by atoms with van der Waals surface area (Å²) in [7, 11) is 3.21. The zero-order valence-corrected chi connectivity index (χ0v) is 17.8. The maximum Gasteiger partial charge on any atom is 0.181 e. The molecular weight excluding hydrogens is 400 g/mol. The van der Waals surface area contributed by atoms with E-state index in [1.54, 1.807) is 57.6 Å². The van der Waals surface area contributed by atoms with Gasteiger partial charge in [-0.1, -0.05) is 0 Å². The summed E-state index contributed by atoms with van der Waals surface area (Å²) in [4.78, 5) is 16.0. The zero-order valence-electron chi connectivity index (χ0n) is 17.8. The van der Waals surface area contributed by atoms with E-state index < -0.39 is 0 Å². The van der Waals surface area contributed by atoms with Crippen molar-refractivity contribution >= 4 is 17.8 Å². The Bertz CT molecular complexity index is 974. The number of allylic oxidation sites excluding steroid dienone is 6. The van der Waals surface area contributed by atoms with Gasteiger partial charge in [0, 0.05) is 25.4 Å². The minimum absolute atomic E-state index is 0.0353. The SMILES string of the molecule is COCCOc1ccc(OCCOC)c(C2=CC(=C3C=CC(=O)C(C)=C3)N=CN2O)c1. The van der Waals surface area contributed by atoms with Crippen LogP contribution in [0.15, 0.2) is 64.3 Å². The van der Waals surface area contributed by atoms with Gasteiger partial charge in [0.05, 0.1) is 24.6 Å². The van der Waals surface area contributed by atoms with E-state index in [1.165, 1.54) is 12.4 Å². The third kappa shape index (κ3) is 5.69. The van der Waals surface area contributed by atoms with Crippen LogP contribution in [0.4, 0.5) is 0 Å². The summed E-state index contributed by atoms with van der Waals surface area (Å²) in [6, 6.07) is 5.36. The van der Waals surface area contributed by atoms with Crippen molar-refractivity contribution in [2.24, 2.45) is 4.99 Å². The number of ketones is 1. The number of hydroxylamine groups is 2. The molecule has 2 aliphatic rings. The number of methoxy groups -OCH3 is 2. The van der Waals surface area contributed by atoms with E-state index in [9.17, 15) is 10.0 Å². The van der Waals surface area contributed by atoms with Gasteiger partial charge in [0.25, 0.3) is 0 Å². The molecule has 1 aliphatic heterocycles. The van der Waals surface area contributed by atoms with E-state index in [0.717, 1.165) is 10.6 Å². The summed E-state index contributed by atoms with van der Waals surface area (Å²) in [5, 5.41) is 11.4. The summed E-state index contributed by atoms with van der Waals surface area (Å²) in [5.41, 5.74) is 3.08. The highest BCUT2D eigenvalue weighted by molar-refractivity contribution is 6.05. The molecule has 0 unspecified atom stereocenters. The van der Waals surface area contributed by atoms with Gasteiger partial charge in [-0.3, -0.25) is 10.0 Å². The molecule has 0 saturated heterocycles. The Morgan fingerprint density at radius 3 is 2.45 bits per heavy atom. The normalized spacial score (nSPS) is 18.2. The number of carbonyl (C=O) groups is 1. The lowest BCUT2D eigenvalue weighted by Crippen LogP contribution is -2.20. The number of benzene rings is 1. The second-order valence-corrected chi connectivity index (χ2v) is 6.82. The summed E-state index contributed by atoms with van der Waals surface area (Å²) < 4.78 is 21.7. The van der Waals surface area contributed by atoms with Crippen LogP contribution >= 0.6 is 0 Å². The Hall–Kier alpha value is -3.20. The van der Waals surface area contributed by atoms with Gasteiger partial charge in [-0.15, -0.1) is 0 Å². The highest BCUT2D eigenvalue weighted by atomic mass is 16.5. The van der Waals surface area contributed by atoms with E-state index in [1.807, 2.05) is 0 Å². The largest absolute Gasteiger partial charge is 0.491 e. The summed E-state index contributed by atoms with van der Waals surface area (Å²) in [5.74, 6) is 1.13. The molecule has 1 heterocycles. The molecule has 8 nitrogen and oxygen atoms in total. The molecule has 1 aliphatic carbocycles. The molecule has 0 amide bonds. The van der Waals surface area contributed by atoms with Crippen molar-refractivity contribution in [3.05, 3.63) is 64.9 Å². The van der Waals surface area contributed by atoms with Crippen LogP contribution < -0.4 is 9.47 Å². The van der Waals surface area contributed by atoms with Gasteiger partial charge in [-0.05, 0) is 55.0 Å². The monoisotopic (exact) mass is 426 g/mol. The number of ether oxygens (including phenoxy) is 4. The minimum Gasteiger partial charge on any atom is -0.491 e. The molecule has 0 atom stereocenters. The molecular formula is C23H26N2O6. The molecule has 164 valence electrons. The summed E-state index contributed by atoms with van der Waals surface area (Å²) >= 11 is 0. The number of aliphatic imine (C=N–C) groups is 1. The fourth-order valence-corrected chi connectivity index (χ4v) is 2.98. The zero-order chi connectivity index (χ0) is 22.2. The Kier molecular flexibility index (Phi) is 7.77. The third-order valence-electron chi connectivity index (χ3n) is 4.63. The molecule has 8 heteroatoms. The van der Waals surface area contributed by atoms with Crippen LogP contribution in [-0.2, 0) is 14.3 Å². The predicted octanol–water partition coefficient (Wildman–Crippen LogP) is 3.15. The molecule has 1 aromatic rings. The number of hydrogen-bond donors (Lipinski definition) is 1. The van der Waals surface area contributed by atoms with Crippen molar-refractivity contribution in [1.82, 2.24) is 5.06 Å². The average Bonchev–Trinajstić information content (AvgIpc) is 2.77. The Labute approximate surface area is 181 Å². The number of rotatable bonds is 9. The van der Waals surface area contributed by atoms with Crippen LogP contribution in [0.5, 0.6) is 11.5 Å². The van der Waals surface area contributed by atoms with Gasteiger partial charge in [0.1, 0.15) is 31.1 Å². The van der Waals surface area contributed by atoms with Crippen molar-refractivity contribution < 1.29 is 28.9 Å². The first-order valence-electron chi connectivity index (χ1n) is 9.80. The molecule has 1 aromatic carbocycles. The van der Waals surface area contributed by atoms with Crippen LogP contribution in [0, 0.1) is 0 Å². The van der Waals surface area contributed by atoms with E-state index in [4.69, 9.17) is 18.9 Å². The van der Waals surface area contributed by atoms with Gasteiger partial charge >= 0.3 is 0 Å². The van der Waals surface area contributed by atoms with Gasteiger partial charge in [-0.2, -0.15) is 0 Å². The van der Waals surface area contributed by atoms with Gasteiger partial charge in [0.15, 0.2) is 5.78 Å². The Morgan fingerprint density at radius 1 is 1.00 bits per heavy atom. The maximum absolute atomic E-state index is 11.7. The van der Waals surface area contributed by atoms with Crippen LogP contribution in [0.1, 0.15) is 12.5 Å². The molecule has 0 radical (unpaired) electrons. The highest BCUT2D eigenvalue weighted by Crippen LogP contribution is 2.34. The molecule has 0 aromatic heterocycles. The molecule has 0 spiro atoms. The number of carbonyl (C=O) groups excluding carboxylic acids is 1. The Balaban J connectivity index is 2.00. The van der Waals surface area contributed by atoms with Crippen LogP contribution in [0.25, 0.3) is 5.70 Å². The van der Waals surface area contributed by atoms with E-state index in [-0.39, 0.29) is 5.78 Å². The molecule has 1 N–H and O–H groups in total. The topological polar surface area (TPSA) is 89.8 Å². The van der Waals surface area contributed by atoms with Gasteiger partial charge in [-0.25, -0.2) is 10.1 Å². The van der Waals surface area contributed by atoms with E-state index in [2.05, 4.69) is 4.99 Å². The number of hydrogen-bond acceptors (Lipinski definition) is 8. The lowest BCUT2D eigenvalue weighted by Gasteiger charge is -2.23. The lowest BCUT2D eigenvalue weighted by atomic mass is 9.99. The van der Waals surface area contributed by atoms with E-state index >= 15 is 0 Å². The predicted molar refractivity (Wildman–Crippen MR) is 116 cm³/mol. The molecule has 0 bridgehead atoms. The smallest absolute Gasteiger partial charge is 0.181 e. The highest BCUT2D eigenvalue weighted by Gasteiger charge is 2.20. The maximum atomic E-state index is 11.7. The molecule has 0 fully saturated rings. The van der Waals surface area contributed by atoms with Crippen LogP contribution in [0.3, 0.4) is 0 Å². The van der Waals surface area contributed by atoms with Gasteiger partial charge < -0.3 is 18.9 Å². The van der Waals surface area contributed by atoms with Crippen LogP contribution in [0.2, 0.25) is 0 Å². The fourth-order valence-electron chi connectivity index (χ4n) is 2.98. The lowest BCUT2D eigenvalue weighted by molar-refractivity contribution is -0.111. The first-order chi connectivity index (χ1) is 15.0. The first kappa shape index (κ1) is 22.5. The molecule has 0 saturated carbocycles. The van der Waals surface area contributed by atoms with E-state index in [0.29, 0.717) is 60.5 Å². The van der Waals surface area contributed by atoms with Crippen molar-refractivity contribution in [2.75, 3.05) is 40.6 Å².